The minimum absolute atomic E-state index is 0.00565. The molecule has 118 valence electrons. The van der Waals surface area contributed by atoms with Crippen molar-refractivity contribution >= 4 is 17.3 Å². The molecule has 4 nitrogen and oxygen atoms in total. The maximum Gasteiger partial charge on any atom is 0.405 e. The van der Waals surface area contributed by atoms with Crippen LogP contribution in [0.5, 0.6) is 0 Å². The van der Waals surface area contributed by atoms with E-state index < -0.39 is 24.7 Å². The number of nitrogens with zero attached hydrogens (tertiary/aromatic N) is 1. The zero-order valence-corrected chi connectivity index (χ0v) is 12.2. The number of ether oxygens (including phenoxy) is 1. The molecule has 0 saturated heterocycles. The molecule has 0 atom stereocenters. The molecule has 0 heterocycles. The van der Waals surface area contributed by atoms with Gasteiger partial charge in [0.2, 0.25) is 0 Å². The minimum atomic E-state index is -4.36. The summed E-state index contributed by atoms with van der Waals surface area (Å²) in [5, 5.41) is 0. The minimum Gasteiger partial charge on any atom is -0.462 e. The molecule has 0 fully saturated rings. The average molecular weight is 304 g/mol. The third-order valence-corrected chi connectivity index (χ3v) is 2.86. The molecule has 0 unspecified atom stereocenters. The molecule has 2 N–H and O–H groups in total. The van der Waals surface area contributed by atoms with Gasteiger partial charge in [-0.25, -0.2) is 4.79 Å². The number of hydrogen-bond donors (Lipinski definition) is 1. The number of esters is 1. The van der Waals surface area contributed by atoms with Crippen LogP contribution in [-0.2, 0) is 4.74 Å². The monoisotopic (exact) mass is 304 g/mol. The number of para-hydroxylation sites is 1. The van der Waals surface area contributed by atoms with Gasteiger partial charge in [-0.3, -0.25) is 0 Å². The predicted octanol–water partition coefficient (Wildman–Crippen LogP) is 3.22. The van der Waals surface area contributed by atoms with Gasteiger partial charge in [0.15, 0.2) is 0 Å². The Morgan fingerprint density at radius 3 is 2.48 bits per heavy atom. The highest BCUT2D eigenvalue weighted by Crippen LogP contribution is 2.31. The quantitative estimate of drug-likeness (QED) is 0.670. The zero-order valence-electron chi connectivity index (χ0n) is 12.2. The number of anilines is 2. The summed E-state index contributed by atoms with van der Waals surface area (Å²) in [6.07, 6.45) is -4.36. The van der Waals surface area contributed by atoms with Crippen LogP contribution in [0.15, 0.2) is 18.2 Å². The highest BCUT2D eigenvalue weighted by atomic mass is 19.4. The fraction of sp³-hybridized carbons (Fsp3) is 0.500. The molecule has 0 spiro atoms. The summed E-state index contributed by atoms with van der Waals surface area (Å²) in [4.78, 5) is 12.9. The van der Waals surface area contributed by atoms with Crippen LogP contribution in [0.1, 0.15) is 31.1 Å². The molecule has 0 saturated carbocycles. The maximum atomic E-state index is 12.7. The van der Waals surface area contributed by atoms with E-state index in [9.17, 15) is 18.0 Å². The van der Waals surface area contributed by atoms with Gasteiger partial charge in [0.05, 0.1) is 23.5 Å². The third kappa shape index (κ3) is 4.54. The molecule has 1 aromatic rings. The van der Waals surface area contributed by atoms with Crippen LogP contribution in [0.2, 0.25) is 0 Å². The van der Waals surface area contributed by atoms with Crippen molar-refractivity contribution in [2.45, 2.75) is 33.0 Å². The maximum absolute atomic E-state index is 12.7. The van der Waals surface area contributed by atoms with E-state index >= 15 is 0 Å². The van der Waals surface area contributed by atoms with Crippen molar-refractivity contribution in [3.63, 3.8) is 0 Å². The molecule has 0 bridgehead atoms. The van der Waals surface area contributed by atoms with Crippen LogP contribution in [0, 0.1) is 0 Å². The summed E-state index contributed by atoms with van der Waals surface area (Å²) in [5.41, 5.74) is 6.10. The number of halogens is 3. The van der Waals surface area contributed by atoms with Crippen LogP contribution in [0.25, 0.3) is 0 Å². The van der Waals surface area contributed by atoms with Gasteiger partial charge in [-0.15, -0.1) is 0 Å². The number of carbonyl (C=O) groups is 1. The van der Waals surface area contributed by atoms with E-state index in [-0.39, 0.29) is 23.5 Å². The second kappa shape index (κ2) is 6.69. The number of rotatable bonds is 5. The van der Waals surface area contributed by atoms with Gasteiger partial charge in [-0.1, -0.05) is 6.07 Å². The van der Waals surface area contributed by atoms with Gasteiger partial charge in [-0.2, -0.15) is 13.2 Å². The summed E-state index contributed by atoms with van der Waals surface area (Å²) < 4.78 is 42.9. The molecule has 7 heteroatoms. The fourth-order valence-corrected chi connectivity index (χ4v) is 1.93. The van der Waals surface area contributed by atoms with Crippen molar-refractivity contribution in [1.82, 2.24) is 0 Å². The smallest absolute Gasteiger partial charge is 0.405 e. The van der Waals surface area contributed by atoms with Crippen LogP contribution < -0.4 is 10.6 Å². The van der Waals surface area contributed by atoms with Crippen LogP contribution in [-0.4, -0.2) is 31.3 Å². The highest BCUT2D eigenvalue weighted by Gasteiger charge is 2.33. The Kier molecular flexibility index (Phi) is 5.46. The van der Waals surface area contributed by atoms with Crippen LogP contribution in [0.3, 0.4) is 0 Å². The Morgan fingerprint density at radius 1 is 1.38 bits per heavy atom. The van der Waals surface area contributed by atoms with Gasteiger partial charge in [-0.05, 0) is 32.9 Å². The van der Waals surface area contributed by atoms with Gasteiger partial charge < -0.3 is 15.4 Å². The van der Waals surface area contributed by atoms with Crippen molar-refractivity contribution in [3.05, 3.63) is 23.8 Å². The molecule has 0 radical (unpaired) electrons. The van der Waals surface area contributed by atoms with Gasteiger partial charge in [0, 0.05) is 6.04 Å². The van der Waals surface area contributed by atoms with Crippen molar-refractivity contribution < 1.29 is 22.7 Å². The average Bonchev–Trinajstić information content (AvgIpc) is 2.35. The van der Waals surface area contributed by atoms with Gasteiger partial charge >= 0.3 is 12.1 Å². The molecule has 0 aliphatic carbocycles. The zero-order chi connectivity index (χ0) is 16.2. The summed E-state index contributed by atoms with van der Waals surface area (Å²) >= 11 is 0. The van der Waals surface area contributed by atoms with E-state index in [1.165, 1.54) is 18.2 Å². The van der Waals surface area contributed by atoms with Crippen molar-refractivity contribution in [1.29, 1.82) is 0 Å². The van der Waals surface area contributed by atoms with Crippen LogP contribution in [0.4, 0.5) is 24.5 Å². The standard InChI is InChI=1S/C14H19F3N2O2/c1-4-21-13(20)10-6-5-7-11(12(10)18)19(9(2)3)8-14(15,16)17/h5-7,9H,4,8,18H2,1-3H3. The highest BCUT2D eigenvalue weighted by molar-refractivity contribution is 5.98. The van der Waals surface area contributed by atoms with E-state index in [0.29, 0.717) is 0 Å². The second-order valence-corrected chi connectivity index (χ2v) is 4.80. The third-order valence-electron chi connectivity index (χ3n) is 2.86. The summed E-state index contributed by atoms with van der Waals surface area (Å²) in [7, 11) is 0. The first kappa shape index (κ1) is 17.1. The lowest BCUT2D eigenvalue weighted by Gasteiger charge is -2.31. The molecule has 0 amide bonds. The van der Waals surface area contributed by atoms with Crippen molar-refractivity contribution in [3.8, 4) is 0 Å². The lowest BCUT2D eigenvalue weighted by Crippen LogP contribution is -2.39. The second-order valence-electron chi connectivity index (χ2n) is 4.80. The number of carbonyl (C=O) groups excluding carboxylic acids is 1. The normalized spacial score (nSPS) is 11.6. The summed E-state index contributed by atoms with van der Waals surface area (Å²) in [5.74, 6) is -0.646. The number of nitrogens with two attached hydrogens (primary N) is 1. The fourth-order valence-electron chi connectivity index (χ4n) is 1.93. The first-order chi connectivity index (χ1) is 9.67. The molecule has 1 rings (SSSR count). The SMILES string of the molecule is CCOC(=O)c1cccc(N(CC(F)(F)F)C(C)C)c1N. The summed E-state index contributed by atoms with van der Waals surface area (Å²) in [6, 6.07) is 3.96. The first-order valence-corrected chi connectivity index (χ1v) is 6.56. The van der Waals surface area contributed by atoms with E-state index in [1.54, 1.807) is 20.8 Å². The topological polar surface area (TPSA) is 55.6 Å². The lowest BCUT2D eigenvalue weighted by molar-refractivity contribution is -0.120. The van der Waals surface area contributed by atoms with E-state index in [2.05, 4.69) is 0 Å². The number of nitrogen functional groups attached to an aromatic ring is 1. The van der Waals surface area contributed by atoms with Crippen molar-refractivity contribution in [2.24, 2.45) is 0 Å². The lowest BCUT2D eigenvalue weighted by atomic mass is 10.1. The van der Waals surface area contributed by atoms with E-state index in [1.807, 2.05) is 0 Å². The Bertz CT molecular complexity index is 501. The Morgan fingerprint density at radius 2 is 2.00 bits per heavy atom. The Hall–Kier alpha value is -1.92. The van der Waals surface area contributed by atoms with Gasteiger partial charge in [0.25, 0.3) is 0 Å². The van der Waals surface area contributed by atoms with E-state index in [4.69, 9.17) is 10.5 Å². The predicted molar refractivity (Wildman–Crippen MR) is 75.3 cm³/mol. The molecule has 0 aromatic heterocycles. The molecular formula is C14H19F3N2O2. The van der Waals surface area contributed by atoms with E-state index in [0.717, 1.165) is 4.90 Å². The Labute approximate surface area is 121 Å². The summed E-state index contributed by atoms with van der Waals surface area (Å²) in [6.45, 7) is 3.92. The number of alkyl halides is 3. The van der Waals surface area contributed by atoms with Crippen LogP contribution >= 0.6 is 0 Å². The Balaban J connectivity index is 3.21. The molecule has 0 aliphatic heterocycles. The molecule has 0 aliphatic rings. The van der Waals surface area contributed by atoms with Gasteiger partial charge in [0.1, 0.15) is 6.54 Å². The molecule has 21 heavy (non-hydrogen) atoms. The molecular weight excluding hydrogens is 285 g/mol. The first-order valence-electron chi connectivity index (χ1n) is 6.56. The number of benzene rings is 1. The number of hydrogen-bond acceptors (Lipinski definition) is 4. The largest absolute Gasteiger partial charge is 0.462 e. The van der Waals surface area contributed by atoms with Crippen molar-refractivity contribution in [2.75, 3.05) is 23.8 Å². The molecule has 1 aromatic carbocycles.